The summed E-state index contributed by atoms with van der Waals surface area (Å²) in [6, 6.07) is 10.1. The number of amides is 1. The van der Waals surface area contributed by atoms with Gasteiger partial charge in [0.05, 0.1) is 12.8 Å². The van der Waals surface area contributed by atoms with Crippen molar-refractivity contribution in [1.82, 2.24) is 15.1 Å². The summed E-state index contributed by atoms with van der Waals surface area (Å²) in [5.74, 6) is 0.811. The Balaban J connectivity index is 1.78. The molecule has 3 rings (SSSR count). The molecule has 1 aliphatic carbocycles. The molecule has 1 aromatic carbocycles. The molecule has 0 aliphatic heterocycles. The molecule has 1 aromatic heterocycles. The van der Waals surface area contributed by atoms with Crippen LogP contribution in [0.15, 0.2) is 30.3 Å². The number of rotatable bonds is 5. The van der Waals surface area contributed by atoms with Crippen molar-refractivity contribution in [1.29, 1.82) is 0 Å². The lowest BCUT2D eigenvalue weighted by atomic mass is 9.69. The van der Waals surface area contributed by atoms with Gasteiger partial charge in [-0.1, -0.05) is 31.4 Å². The van der Waals surface area contributed by atoms with E-state index in [1.54, 1.807) is 11.8 Å². The first-order valence-corrected chi connectivity index (χ1v) is 8.97. The molecule has 0 radical (unpaired) electrons. The minimum atomic E-state index is -0.0541. The molecule has 1 amide bonds. The first-order chi connectivity index (χ1) is 12.0. The van der Waals surface area contributed by atoms with Gasteiger partial charge in [-0.15, -0.1) is 0 Å². The van der Waals surface area contributed by atoms with Crippen LogP contribution >= 0.6 is 0 Å². The topological polar surface area (TPSA) is 56.1 Å². The van der Waals surface area contributed by atoms with Crippen LogP contribution in [-0.2, 0) is 12.5 Å². The molecule has 5 nitrogen and oxygen atoms in total. The van der Waals surface area contributed by atoms with E-state index in [2.05, 4.69) is 22.5 Å². The van der Waals surface area contributed by atoms with Crippen LogP contribution in [0.2, 0.25) is 0 Å². The molecule has 0 bridgehead atoms. The maximum absolute atomic E-state index is 12.6. The molecule has 5 heteroatoms. The van der Waals surface area contributed by atoms with Crippen molar-refractivity contribution in [3.05, 3.63) is 47.3 Å². The first-order valence-electron chi connectivity index (χ1n) is 8.97. The highest BCUT2D eigenvalue weighted by atomic mass is 16.5. The van der Waals surface area contributed by atoms with Gasteiger partial charge in [0.15, 0.2) is 0 Å². The number of carbonyl (C=O) groups excluding carboxylic acids is 1. The third kappa shape index (κ3) is 3.70. The van der Waals surface area contributed by atoms with Crippen molar-refractivity contribution in [2.24, 2.45) is 7.05 Å². The van der Waals surface area contributed by atoms with Gasteiger partial charge in [-0.3, -0.25) is 9.48 Å². The largest absolute Gasteiger partial charge is 0.497 e. The minimum Gasteiger partial charge on any atom is -0.497 e. The normalized spacial score (nSPS) is 16.4. The van der Waals surface area contributed by atoms with Gasteiger partial charge in [-0.2, -0.15) is 5.10 Å². The summed E-state index contributed by atoms with van der Waals surface area (Å²) in [6.07, 6.45) is 5.88. The molecule has 0 spiro atoms. The number of aromatic nitrogens is 2. The monoisotopic (exact) mass is 341 g/mol. The highest BCUT2D eigenvalue weighted by Gasteiger charge is 2.34. The SMILES string of the molecule is COc1ccc(C2(CNC(=O)c3cc(C)nn3C)CCCCC2)cc1. The van der Waals surface area contributed by atoms with E-state index in [0.29, 0.717) is 12.2 Å². The number of nitrogens with one attached hydrogen (secondary N) is 1. The number of methoxy groups -OCH3 is 1. The number of carbonyl (C=O) groups is 1. The summed E-state index contributed by atoms with van der Waals surface area (Å²) in [5.41, 5.74) is 2.76. The molecular weight excluding hydrogens is 314 g/mol. The van der Waals surface area contributed by atoms with Crippen LogP contribution in [0.1, 0.15) is 53.8 Å². The van der Waals surface area contributed by atoms with Gasteiger partial charge in [0.2, 0.25) is 0 Å². The van der Waals surface area contributed by atoms with Crippen LogP contribution in [0.3, 0.4) is 0 Å². The van der Waals surface area contributed by atoms with Gasteiger partial charge >= 0.3 is 0 Å². The Hall–Kier alpha value is -2.30. The number of hydrogen-bond donors (Lipinski definition) is 1. The van der Waals surface area contributed by atoms with E-state index in [1.807, 2.05) is 32.2 Å². The van der Waals surface area contributed by atoms with Crippen molar-refractivity contribution >= 4 is 5.91 Å². The van der Waals surface area contributed by atoms with Crippen molar-refractivity contribution in [2.75, 3.05) is 13.7 Å². The lowest BCUT2D eigenvalue weighted by Gasteiger charge is -2.38. The predicted octanol–water partition coefficient (Wildman–Crippen LogP) is 3.37. The first kappa shape index (κ1) is 17.5. The molecule has 0 saturated heterocycles. The van der Waals surface area contributed by atoms with Crippen LogP contribution in [0.25, 0.3) is 0 Å². The Morgan fingerprint density at radius 2 is 1.92 bits per heavy atom. The lowest BCUT2D eigenvalue weighted by Crippen LogP contribution is -2.42. The van der Waals surface area contributed by atoms with Crippen LogP contribution in [0.5, 0.6) is 5.75 Å². The highest BCUT2D eigenvalue weighted by molar-refractivity contribution is 5.92. The average Bonchev–Trinajstić information content (AvgIpc) is 2.99. The molecule has 0 unspecified atom stereocenters. The second-order valence-corrected chi connectivity index (χ2v) is 7.05. The van der Waals surface area contributed by atoms with E-state index in [9.17, 15) is 4.79 Å². The summed E-state index contributed by atoms with van der Waals surface area (Å²) in [6.45, 7) is 2.55. The molecule has 25 heavy (non-hydrogen) atoms. The van der Waals surface area contributed by atoms with Crippen LogP contribution in [0.4, 0.5) is 0 Å². The van der Waals surface area contributed by atoms with E-state index in [1.165, 1.54) is 24.8 Å². The molecule has 1 aliphatic rings. The molecule has 0 atom stereocenters. The smallest absolute Gasteiger partial charge is 0.269 e. The fraction of sp³-hybridized carbons (Fsp3) is 0.500. The summed E-state index contributed by atoms with van der Waals surface area (Å²) >= 11 is 0. The third-order valence-electron chi connectivity index (χ3n) is 5.34. The van der Waals surface area contributed by atoms with Crippen LogP contribution in [-0.4, -0.2) is 29.3 Å². The van der Waals surface area contributed by atoms with Gasteiger partial charge in [0.25, 0.3) is 5.91 Å². The van der Waals surface area contributed by atoms with E-state index >= 15 is 0 Å². The zero-order chi connectivity index (χ0) is 17.9. The van der Waals surface area contributed by atoms with Gasteiger partial charge in [-0.05, 0) is 43.5 Å². The molecule has 134 valence electrons. The number of nitrogens with zero attached hydrogens (tertiary/aromatic N) is 2. The quantitative estimate of drug-likeness (QED) is 0.907. The Morgan fingerprint density at radius 1 is 1.24 bits per heavy atom. The lowest BCUT2D eigenvalue weighted by molar-refractivity contribution is 0.0927. The number of aryl methyl sites for hydroxylation is 2. The number of hydrogen-bond acceptors (Lipinski definition) is 3. The summed E-state index contributed by atoms with van der Waals surface area (Å²) < 4.78 is 6.93. The summed E-state index contributed by atoms with van der Waals surface area (Å²) in [5, 5.41) is 7.42. The van der Waals surface area contributed by atoms with Gasteiger partial charge in [-0.25, -0.2) is 0 Å². The van der Waals surface area contributed by atoms with Crippen molar-refractivity contribution in [3.63, 3.8) is 0 Å². The number of benzene rings is 1. The molecule has 1 heterocycles. The zero-order valence-electron chi connectivity index (χ0n) is 15.3. The molecule has 1 fully saturated rings. The Labute approximate surface area is 149 Å². The van der Waals surface area contributed by atoms with E-state index in [-0.39, 0.29) is 11.3 Å². The van der Waals surface area contributed by atoms with Gasteiger partial charge < -0.3 is 10.1 Å². The van der Waals surface area contributed by atoms with Crippen molar-refractivity contribution in [2.45, 2.75) is 44.4 Å². The fourth-order valence-corrected chi connectivity index (χ4v) is 3.90. The predicted molar refractivity (Wildman–Crippen MR) is 98.0 cm³/mol. The Bertz CT molecular complexity index is 728. The third-order valence-corrected chi connectivity index (χ3v) is 5.34. The highest BCUT2D eigenvalue weighted by Crippen LogP contribution is 2.39. The molecule has 1 saturated carbocycles. The van der Waals surface area contributed by atoms with E-state index in [4.69, 9.17) is 4.74 Å². The summed E-state index contributed by atoms with van der Waals surface area (Å²) in [7, 11) is 3.49. The Morgan fingerprint density at radius 3 is 2.48 bits per heavy atom. The van der Waals surface area contributed by atoms with Crippen LogP contribution < -0.4 is 10.1 Å². The fourth-order valence-electron chi connectivity index (χ4n) is 3.90. The van der Waals surface area contributed by atoms with Gasteiger partial charge in [0, 0.05) is 19.0 Å². The summed E-state index contributed by atoms with van der Waals surface area (Å²) in [4.78, 5) is 12.6. The maximum Gasteiger partial charge on any atom is 0.269 e. The zero-order valence-corrected chi connectivity index (χ0v) is 15.3. The second-order valence-electron chi connectivity index (χ2n) is 7.05. The molecule has 2 aromatic rings. The maximum atomic E-state index is 12.6. The molecular formula is C20H27N3O2. The Kier molecular flexibility index (Phi) is 5.11. The van der Waals surface area contributed by atoms with E-state index < -0.39 is 0 Å². The number of ether oxygens (including phenoxy) is 1. The van der Waals surface area contributed by atoms with E-state index in [0.717, 1.165) is 24.3 Å². The van der Waals surface area contributed by atoms with Crippen molar-refractivity contribution in [3.8, 4) is 5.75 Å². The van der Waals surface area contributed by atoms with Crippen molar-refractivity contribution < 1.29 is 9.53 Å². The molecule has 1 N–H and O–H groups in total. The minimum absolute atomic E-state index is 0.00776. The second kappa shape index (κ2) is 7.30. The average molecular weight is 341 g/mol. The van der Waals surface area contributed by atoms with Gasteiger partial charge in [0.1, 0.15) is 11.4 Å². The van der Waals surface area contributed by atoms with Crippen LogP contribution in [0, 0.1) is 6.92 Å². The standard InChI is InChI=1S/C20H27N3O2/c1-15-13-18(23(2)22-15)19(24)21-14-20(11-5-4-6-12-20)16-7-9-17(25-3)10-8-16/h7-10,13H,4-6,11-12,14H2,1-3H3,(H,21,24).